The molecule has 0 saturated carbocycles. The van der Waals surface area contributed by atoms with Crippen molar-refractivity contribution in [3.05, 3.63) is 35.4 Å². The van der Waals surface area contributed by atoms with Gasteiger partial charge in [-0.15, -0.1) is 0 Å². The molecule has 1 aliphatic rings. The lowest BCUT2D eigenvalue weighted by Crippen LogP contribution is -2.16. The Morgan fingerprint density at radius 1 is 1.13 bits per heavy atom. The molecule has 1 aliphatic carbocycles. The van der Waals surface area contributed by atoms with Gasteiger partial charge >= 0.3 is 0 Å². The quantitative estimate of drug-likeness (QED) is 0.642. The predicted molar refractivity (Wildman–Crippen MR) is 62.1 cm³/mol. The zero-order chi connectivity index (χ0) is 10.9. The average Bonchev–Trinajstić information content (AvgIpc) is 2.57. The smallest absolute Gasteiger partial charge is 0.129 e. The Morgan fingerprint density at radius 3 is 2.60 bits per heavy atom. The van der Waals surface area contributed by atoms with Gasteiger partial charge in [0.2, 0.25) is 0 Å². The molecule has 80 valence electrons. The number of aryl methyl sites for hydroxylation is 1. The summed E-state index contributed by atoms with van der Waals surface area (Å²) < 4.78 is 0. The third-order valence-electron chi connectivity index (χ3n) is 2.39. The molecule has 0 aromatic heterocycles. The summed E-state index contributed by atoms with van der Waals surface area (Å²) in [4.78, 5) is 5.46. The molecule has 0 radical (unpaired) electrons. The van der Waals surface area contributed by atoms with E-state index in [-0.39, 0.29) is 5.60 Å². The van der Waals surface area contributed by atoms with E-state index in [0.717, 1.165) is 18.6 Å². The highest BCUT2D eigenvalue weighted by Gasteiger charge is 2.18. The summed E-state index contributed by atoms with van der Waals surface area (Å²) in [6, 6.07) is 8.41. The lowest BCUT2D eigenvalue weighted by atomic mass is 10.1. The van der Waals surface area contributed by atoms with E-state index in [2.05, 4.69) is 29.4 Å². The summed E-state index contributed by atoms with van der Waals surface area (Å²) in [6.45, 7) is 6.04. The van der Waals surface area contributed by atoms with Gasteiger partial charge in [-0.05, 0) is 39.2 Å². The highest BCUT2D eigenvalue weighted by molar-refractivity contribution is 6.04. The van der Waals surface area contributed by atoms with Crippen LogP contribution in [-0.4, -0.2) is 11.3 Å². The van der Waals surface area contributed by atoms with Crippen LogP contribution < -0.4 is 0 Å². The predicted octanol–water partition coefficient (Wildman–Crippen LogP) is 3.15. The van der Waals surface area contributed by atoms with Gasteiger partial charge in [0.05, 0.1) is 5.71 Å². The number of fused-ring (bicyclic) bond motifs is 1. The molecule has 0 spiro atoms. The fourth-order valence-electron chi connectivity index (χ4n) is 1.69. The first-order valence-electron chi connectivity index (χ1n) is 5.39. The molecule has 2 rings (SSSR count). The van der Waals surface area contributed by atoms with E-state index in [1.165, 1.54) is 11.1 Å². The molecule has 0 amide bonds. The van der Waals surface area contributed by atoms with Crippen LogP contribution in [0.5, 0.6) is 0 Å². The molecule has 0 bridgehead atoms. The van der Waals surface area contributed by atoms with Crippen LogP contribution in [0, 0.1) is 0 Å². The van der Waals surface area contributed by atoms with Crippen molar-refractivity contribution in [2.75, 3.05) is 0 Å². The third kappa shape index (κ3) is 2.38. The molecule has 0 heterocycles. The fourth-order valence-corrected chi connectivity index (χ4v) is 1.69. The number of hydrogen-bond donors (Lipinski definition) is 0. The van der Waals surface area contributed by atoms with Crippen molar-refractivity contribution in [2.24, 2.45) is 5.16 Å². The Bertz CT molecular complexity index is 388. The lowest BCUT2D eigenvalue weighted by Gasteiger charge is -2.16. The minimum Gasteiger partial charge on any atom is -0.390 e. The van der Waals surface area contributed by atoms with Gasteiger partial charge in [0.1, 0.15) is 5.60 Å². The zero-order valence-electron chi connectivity index (χ0n) is 9.58. The second kappa shape index (κ2) is 3.69. The molecule has 2 nitrogen and oxygen atoms in total. The van der Waals surface area contributed by atoms with Crippen molar-refractivity contribution in [3.8, 4) is 0 Å². The first-order chi connectivity index (χ1) is 7.06. The topological polar surface area (TPSA) is 21.6 Å². The summed E-state index contributed by atoms with van der Waals surface area (Å²) in [5, 5.41) is 4.25. The van der Waals surface area contributed by atoms with Crippen LogP contribution in [-0.2, 0) is 11.3 Å². The summed E-state index contributed by atoms with van der Waals surface area (Å²) in [5.74, 6) is 0. The molecule has 0 saturated heterocycles. The molecular weight excluding hydrogens is 186 g/mol. The van der Waals surface area contributed by atoms with E-state index < -0.39 is 0 Å². The molecule has 0 aliphatic heterocycles. The van der Waals surface area contributed by atoms with Crippen LogP contribution in [0.4, 0.5) is 0 Å². The third-order valence-corrected chi connectivity index (χ3v) is 2.39. The Labute approximate surface area is 90.9 Å². The number of oxime groups is 1. The molecule has 1 aromatic rings. The number of hydrogen-bond acceptors (Lipinski definition) is 2. The molecule has 0 N–H and O–H groups in total. The fraction of sp³-hybridized carbons (Fsp3) is 0.462. The monoisotopic (exact) mass is 203 g/mol. The van der Waals surface area contributed by atoms with Crippen LogP contribution in [0.1, 0.15) is 38.3 Å². The zero-order valence-corrected chi connectivity index (χ0v) is 9.58. The van der Waals surface area contributed by atoms with Gasteiger partial charge in [-0.1, -0.05) is 29.4 Å². The largest absolute Gasteiger partial charge is 0.390 e. The van der Waals surface area contributed by atoms with Crippen LogP contribution in [0.2, 0.25) is 0 Å². The van der Waals surface area contributed by atoms with Crippen molar-refractivity contribution in [3.63, 3.8) is 0 Å². The average molecular weight is 203 g/mol. The normalized spacial score (nSPS) is 17.9. The maximum atomic E-state index is 5.46. The second-order valence-corrected chi connectivity index (χ2v) is 4.90. The van der Waals surface area contributed by atoms with Gasteiger partial charge in [0.15, 0.2) is 0 Å². The molecular formula is C13H17NO. The molecule has 1 aromatic carbocycles. The molecule has 2 heteroatoms. The van der Waals surface area contributed by atoms with Crippen molar-refractivity contribution in [2.45, 2.75) is 39.2 Å². The van der Waals surface area contributed by atoms with Crippen molar-refractivity contribution < 1.29 is 4.84 Å². The van der Waals surface area contributed by atoms with Crippen LogP contribution in [0.3, 0.4) is 0 Å². The van der Waals surface area contributed by atoms with Gasteiger partial charge in [-0.2, -0.15) is 0 Å². The molecule has 15 heavy (non-hydrogen) atoms. The maximum Gasteiger partial charge on any atom is 0.129 e. The summed E-state index contributed by atoms with van der Waals surface area (Å²) in [5.41, 5.74) is 3.51. The van der Waals surface area contributed by atoms with Gasteiger partial charge in [0.25, 0.3) is 0 Å². The Morgan fingerprint density at radius 2 is 1.87 bits per heavy atom. The molecule has 0 unspecified atom stereocenters. The summed E-state index contributed by atoms with van der Waals surface area (Å²) >= 11 is 0. The summed E-state index contributed by atoms with van der Waals surface area (Å²) in [7, 11) is 0. The van der Waals surface area contributed by atoms with E-state index in [1.807, 2.05) is 20.8 Å². The Balaban J connectivity index is 2.21. The minimum absolute atomic E-state index is 0.204. The van der Waals surface area contributed by atoms with Gasteiger partial charge < -0.3 is 4.84 Å². The van der Waals surface area contributed by atoms with E-state index >= 15 is 0 Å². The summed E-state index contributed by atoms with van der Waals surface area (Å²) in [6.07, 6.45) is 2.08. The van der Waals surface area contributed by atoms with Gasteiger partial charge in [-0.25, -0.2) is 0 Å². The Kier molecular flexibility index (Phi) is 2.51. The van der Waals surface area contributed by atoms with E-state index in [0.29, 0.717) is 0 Å². The van der Waals surface area contributed by atoms with E-state index in [1.54, 1.807) is 0 Å². The van der Waals surface area contributed by atoms with E-state index in [4.69, 9.17) is 4.84 Å². The van der Waals surface area contributed by atoms with Crippen molar-refractivity contribution in [1.82, 2.24) is 0 Å². The first kappa shape index (κ1) is 10.2. The van der Waals surface area contributed by atoms with Gasteiger partial charge in [0, 0.05) is 5.56 Å². The van der Waals surface area contributed by atoms with Gasteiger partial charge in [-0.3, -0.25) is 0 Å². The second-order valence-electron chi connectivity index (χ2n) is 4.90. The first-order valence-corrected chi connectivity index (χ1v) is 5.39. The lowest BCUT2D eigenvalue weighted by molar-refractivity contribution is 0.000800. The van der Waals surface area contributed by atoms with Crippen LogP contribution in [0.15, 0.2) is 29.4 Å². The molecule has 0 fully saturated rings. The number of benzene rings is 1. The number of nitrogens with zero attached hydrogens (tertiary/aromatic N) is 1. The number of rotatable bonds is 1. The molecule has 0 atom stereocenters. The maximum absolute atomic E-state index is 5.46. The standard InChI is InChI=1S/C13H17NO/c1-13(2,3)15-14-12-9-8-10-6-4-5-7-11(10)12/h4-7H,8-9H2,1-3H3. The van der Waals surface area contributed by atoms with Crippen LogP contribution >= 0.6 is 0 Å². The van der Waals surface area contributed by atoms with Crippen molar-refractivity contribution >= 4 is 5.71 Å². The highest BCUT2D eigenvalue weighted by Crippen LogP contribution is 2.23. The van der Waals surface area contributed by atoms with Crippen molar-refractivity contribution in [1.29, 1.82) is 0 Å². The highest BCUT2D eigenvalue weighted by atomic mass is 16.6. The minimum atomic E-state index is -0.204. The van der Waals surface area contributed by atoms with Crippen LogP contribution in [0.25, 0.3) is 0 Å². The Hall–Kier alpha value is -1.31. The van der Waals surface area contributed by atoms with E-state index in [9.17, 15) is 0 Å². The SMILES string of the molecule is CC(C)(C)ON=C1CCc2ccccc21.